The van der Waals surface area contributed by atoms with E-state index in [1.165, 1.54) is 6.07 Å². The molecule has 5 nitrogen and oxygen atoms in total. The Balaban J connectivity index is 2.29. The first-order valence-corrected chi connectivity index (χ1v) is 7.39. The third-order valence-electron chi connectivity index (χ3n) is 2.73. The molecule has 7 heteroatoms. The Morgan fingerprint density at radius 3 is 2.62 bits per heavy atom. The van der Waals surface area contributed by atoms with Crippen molar-refractivity contribution >= 4 is 49.6 Å². The minimum atomic E-state index is -0.687. The molecular weight excluding hydrogens is 406 g/mol. The lowest BCUT2D eigenvalue weighted by molar-refractivity contribution is -0.402. The van der Waals surface area contributed by atoms with Crippen LogP contribution < -0.4 is 0 Å². The first-order chi connectivity index (χ1) is 9.88. The highest BCUT2D eigenvalue weighted by molar-refractivity contribution is 9.12. The Morgan fingerprint density at radius 1 is 1.33 bits per heavy atom. The minimum Gasteiger partial charge on any atom is -0.397 e. The van der Waals surface area contributed by atoms with Gasteiger partial charge in [0.2, 0.25) is 5.78 Å². The molecule has 0 aliphatic rings. The van der Waals surface area contributed by atoms with Crippen molar-refractivity contribution in [1.82, 2.24) is 0 Å². The van der Waals surface area contributed by atoms with E-state index in [-0.39, 0.29) is 10.2 Å². The van der Waals surface area contributed by atoms with Crippen LogP contribution in [0.1, 0.15) is 21.7 Å². The summed E-state index contributed by atoms with van der Waals surface area (Å²) in [5, 5.41) is 10.5. The molecule has 1 aromatic carbocycles. The zero-order valence-corrected chi connectivity index (χ0v) is 14.0. The highest BCUT2D eigenvalue weighted by atomic mass is 79.9. The molecule has 0 saturated carbocycles. The molecule has 108 valence electrons. The number of halogens is 2. The summed E-state index contributed by atoms with van der Waals surface area (Å²) in [4.78, 5) is 22.0. The average Bonchev–Trinajstić information content (AvgIpc) is 2.90. The summed E-state index contributed by atoms with van der Waals surface area (Å²) in [7, 11) is 0. The van der Waals surface area contributed by atoms with Crippen LogP contribution in [0, 0.1) is 17.0 Å². The molecule has 21 heavy (non-hydrogen) atoms. The summed E-state index contributed by atoms with van der Waals surface area (Å²) in [5.41, 5.74) is 1.85. The predicted octanol–water partition coefficient (Wildman–Crippen LogP) is 4.88. The Morgan fingerprint density at radius 2 is 2.05 bits per heavy atom. The molecule has 0 spiro atoms. The van der Waals surface area contributed by atoms with Crippen LogP contribution in [0.15, 0.2) is 43.7 Å². The molecular formula is C14H9Br2NO4. The van der Waals surface area contributed by atoms with Gasteiger partial charge >= 0.3 is 5.88 Å². The van der Waals surface area contributed by atoms with Gasteiger partial charge in [0.05, 0.1) is 10.5 Å². The lowest BCUT2D eigenvalue weighted by Gasteiger charge is -2.02. The predicted molar refractivity (Wildman–Crippen MR) is 85.5 cm³/mol. The van der Waals surface area contributed by atoms with Crippen LogP contribution in [0.2, 0.25) is 0 Å². The molecule has 0 amide bonds. The Labute approximate surface area is 137 Å². The number of nitro groups is 1. The number of carbonyl (C=O) groups excluding carboxylic acids is 1. The van der Waals surface area contributed by atoms with Crippen molar-refractivity contribution in [3.05, 3.63) is 66.3 Å². The molecule has 0 N–H and O–H groups in total. The monoisotopic (exact) mass is 413 g/mol. The fourth-order valence-corrected chi connectivity index (χ4v) is 2.59. The molecule has 0 unspecified atom stereocenters. The summed E-state index contributed by atoms with van der Waals surface area (Å²) >= 11 is 6.55. The van der Waals surface area contributed by atoms with E-state index in [0.29, 0.717) is 0 Å². The van der Waals surface area contributed by atoms with E-state index in [1.807, 2.05) is 25.1 Å². The molecule has 1 heterocycles. The van der Waals surface area contributed by atoms with Gasteiger partial charge in [-0.2, -0.15) is 0 Å². The first kappa shape index (κ1) is 15.7. The van der Waals surface area contributed by atoms with Gasteiger partial charge < -0.3 is 4.42 Å². The van der Waals surface area contributed by atoms with Crippen LogP contribution >= 0.6 is 31.9 Å². The molecule has 0 bridgehead atoms. The van der Waals surface area contributed by atoms with Crippen molar-refractivity contribution in [2.75, 3.05) is 0 Å². The van der Waals surface area contributed by atoms with Crippen molar-refractivity contribution in [3.8, 4) is 0 Å². The highest BCUT2D eigenvalue weighted by Gasteiger charge is 2.19. The third kappa shape index (κ3) is 3.68. The zero-order chi connectivity index (χ0) is 15.6. The van der Waals surface area contributed by atoms with Crippen molar-refractivity contribution in [3.63, 3.8) is 0 Å². The Kier molecular flexibility index (Phi) is 4.74. The summed E-state index contributed by atoms with van der Waals surface area (Å²) in [6.45, 7) is 1.92. The first-order valence-electron chi connectivity index (χ1n) is 5.81. The van der Waals surface area contributed by atoms with Crippen molar-refractivity contribution in [1.29, 1.82) is 0 Å². The SMILES string of the molecule is Cc1cc(Br)ccc1/C=C(/Br)C(=O)c1ccc([N+](=O)[O-])o1. The minimum absolute atomic E-state index is 0.0837. The van der Waals surface area contributed by atoms with Crippen LogP contribution in [-0.4, -0.2) is 10.7 Å². The van der Waals surface area contributed by atoms with Gasteiger partial charge in [0.1, 0.15) is 4.92 Å². The second kappa shape index (κ2) is 6.36. The molecule has 2 aromatic rings. The molecule has 1 aromatic heterocycles. The smallest absolute Gasteiger partial charge is 0.397 e. The molecule has 0 atom stereocenters. The van der Waals surface area contributed by atoms with Gasteiger partial charge in [0, 0.05) is 4.47 Å². The number of allylic oxidation sites excluding steroid dienone is 1. The maximum atomic E-state index is 12.1. The van der Waals surface area contributed by atoms with Gasteiger partial charge in [-0.05, 0) is 58.3 Å². The summed E-state index contributed by atoms with van der Waals surface area (Å²) in [5.74, 6) is -0.997. The molecule has 0 aliphatic carbocycles. The highest BCUT2D eigenvalue weighted by Crippen LogP contribution is 2.24. The van der Waals surface area contributed by atoms with E-state index < -0.39 is 16.6 Å². The maximum absolute atomic E-state index is 12.1. The van der Waals surface area contributed by atoms with E-state index in [1.54, 1.807) is 6.08 Å². The molecule has 0 radical (unpaired) electrons. The number of rotatable bonds is 4. The van der Waals surface area contributed by atoms with Crippen LogP contribution in [0.5, 0.6) is 0 Å². The van der Waals surface area contributed by atoms with Gasteiger partial charge in [-0.25, -0.2) is 0 Å². The van der Waals surface area contributed by atoms with E-state index in [9.17, 15) is 14.9 Å². The summed E-state index contributed by atoms with van der Waals surface area (Å²) < 4.78 is 6.09. The number of hydrogen-bond acceptors (Lipinski definition) is 4. The topological polar surface area (TPSA) is 73.3 Å². The molecule has 0 aliphatic heterocycles. The van der Waals surface area contributed by atoms with E-state index in [4.69, 9.17) is 4.42 Å². The Hall–Kier alpha value is -1.73. The van der Waals surface area contributed by atoms with Crippen LogP contribution in [0.3, 0.4) is 0 Å². The number of ketones is 1. The van der Waals surface area contributed by atoms with Crippen molar-refractivity contribution in [2.45, 2.75) is 6.92 Å². The number of hydrogen-bond donors (Lipinski definition) is 0. The molecule has 2 rings (SSSR count). The average molecular weight is 415 g/mol. The quantitative estimate of drug-likeness (QED) is 0.309. The maximum Gasteiger partial charge on any atom is 0.433 e. The fraction of sp³-hybridized carbons (Fsp3) is 0.0714. The van der Waals surface area contributed by atoms with Gasteiger partial charge in [0.15, 0.2) is 5.76 Å². The van der Waals surface area contributed by atoms with Gasteiger partial charge in [-0.1, -0.05) is 22.0 Å². The third-order valence-corrected chi connectivity index (χ3v) is 3.81. The van der Waals surface area contributed by atoms with Crippen LogP contribution in [0.4, 0.5) is 5.88 Å². The standard InChI is InChI=1S/C14H9Br2NO4/c1-8-6-10(15)3-2-9(8)7-11(16)14(18)12-4-5-13(21-12)17(19)20/h2-7H,1H3/b11-7+. The Bertz CT molecular complexity index is 749. The zero-order valence-electron chi connectivity index (χ0n) is 10.8. The second-order valence-electron chi connectivity index (χ2n) is 4.22. The normalized spacial score (nSPS) is 11.5. The largest absolute Gasteiger partial charge is 0.433 e. The van der Waals surface area contributed by atoms with E-state index in [2.05, 4.69) is 31.9 Å². The molecule has 0 saturated heterocycles. The number of carbonyl (C=O) groups is 1. The summed E-state index contributed by atoms with van der Waals surface area (Å²) in [6.07, 6.45) is 1.65. The lowest BCUT2D eigenvalue weighted by atomic mass is 10.1. The second-order valence-corrected chi connectivity index (χ2v) is 5.99. The fourth-order valence-electron chi connectivity index (χ4n) is 1.67. The number of furan rings is 1. The number of aryl methyl sites for hydroxylation is 1. The van der Waals surface area contributed by atoms with Crippen LogP contribution in [-0.2, 0) is 0 Å². The summed E-state index contributed by atoms with van der Waals surface area (Å²) in [6, 6.07) is 8.08. The number of nitrogens with zero attached hydrogens (tertiary/aromatic N) is 1. The van der Waals surface area contributed by atoms with Crippen molar-refractivity contribution in [2.24, 2.45) is 0 Å². The molecule has 0 fully saturated rings. The van der Waals surface area contributed by atoms with Gasteiger partial charge in [0.25, 0.3) is 0 Å². The van der Waals surface area contributed by atoms with Gasteiger partial charge in [-0.3, -0.25) is 14.9 Å². The number of benzene rings is 1. The lowest BCUT2D eigenvalue weighted by Crippen LogP contribution is -1.97. The van der Waals surface area contributed by atoms with E-state index in [0.717, 1.165) is 21.7 Å². The number of Topliss-reactive ketones (excluding diaryl/α,β-unsaturated/α-hetero) is 1. The van der Waals surface area contributed by atoms with Crippen molar-refractivity contribution < 1.29 is 14.1 Å². The van der Waals surface area contributed by atoms with Crippen LogP contribution in [0.25, 0.3) is 6.08 Å². The van der Waals surface area contributed by atoms with Gasteiger partial charge in [-0.15, -0.1) is 0 Å². The van der Waals surface area contributed by atoms with E-state index >= 15 is 0 Å².